The molecule has 4 aromatic rings. The molecule has 4 rings (SSSR count). The maximum atomic E-state index is 12.3. The van der Waals surface area contributed by atoms with Crippen LogP contribution in [-0.4, -0.2) is 20.6 Å². The second-order valence-electron chi connectivity index (χ2n) is 6.23. The van der Waals surface area contributed by atoms with Crippen LogP contribution < -0.4 is 10.9 Å². The number of amides is 1. The van der Waals surface area contributed by atoms with Crippen LogP contribution in [0.5, 0.6) is 0 Å². The summed E-state index contributed by atoms with van der Waals surface area (Å²) in [5.74, 6) is 0.383. The average Bonchev–Trinajstić information content (AvgIpc) is 3.21. The van der Waals surface area contributed by atoms with E-state index in [9.17, 15) is 9.59 Å². The first kappa shape index (κ1) is 18.8. The second kappa shape index (κ2) is 8.24. The third-order valence-corrected chi connectivity index (χ3v) is 4.60. The molecule has 0 aliphatic rings. The van der Waals surface area contributed by atoms with Gasteiger partial charge in [-0.05, 0) is 30.3 Å². The first-order valence-electron chi connectivity index (χ1n) is 8.74. The minimum Gasteiger partial charge on any atom is -0.334 e. The number of carbonyl (C=O) groups is 1. The van der Waals surface area contributed by atoms with Gasteiger partial charge < -0.3 is 14.4 Å². The first-order chi connectivity index (χ1) is 14.1. The molecule has 0 aliphatic heterocycles. The SMILES string of the molecule is O=C(Cn1cc(-c2nc(-c3cccc(Br)c3)no2)ccc1=O)Nc1ccccc1. The van der Waals surface area contributed by atoms with Crippen molar-refractivity contribution in [3.8, 4) is 22.8 Å². The number of benzene rings is 2. The molecule has 0 aliphatic carbocycles. The lowest BCUT2D eigenvalue weighted by Crippen LogP contribution is -2.26. The number of hydrogen-bond acceptors (Lipinski definition) is 5. The summed E-state index contributed by atoms with van der Waals surface area (Å²) in [5.41, 5.74) is 1.71. The molecule has 0 saturated heterocycles. The number of para-hydroxylation sites is 1. The van der Waals surface area contributed by atoms with Crippen molar-refractivity contribution in [1.29, 1.82) is 0 Å². The Kier molecular flexibility index (Phi) is 5.35. The van der Waals surface area contributed by atoms with Gasteiger partial charge in [0.1, 0.15) is 6.54 Å². The highest BCUT2D eigenvalue weighted by molar-refractivity contribution is 9.10. The Hall–Kier alpha value is -3.52. The largest absolute Gasteiger partial charge is 0.334 e. The molecule has 2 heterocycles. The van der Waals surface area contributed by atoms with Gasteiger partial charge in [0.05, 0.1) is 5.56 Å². The molecule has 0 unspecified atom stereocenters. The van der Waals surface area contributed by atoms with Crippen molar-refractivity contribution in [2.45, 2.75) is 6.54 Å². The number of carbonyl (C=O) groups excluding carboxylic acids is 1. The van der Waals surface area contributed by atoms with Crippen molar-refractivity contribution < 1.29 is 9.32 Å². The number of nitrogens with one attached hydrogen (secondary N) is 1. The summed E-state index contributed by atoms with van der Waals surface area (Å²) < 4.78 is 7.55. The van der Waals surface area contributed by atoms with Crippen LogP contribution in [0.25, 0.3) is 22.8 Å². The van der Waals surface area contributed by atoms with E-state index in [1.54, 1.807) is 18.2 Å². The van der Waals surface area contributed by atoms with E-state index in [0.717, 1.165) is 10.0 Å². The van der Waals surface area contributed by atoms with Crippen LogP contribution in [0, 0.1) is 0 Å². The maximum Gasteiger partial charge on any atom is 0.259 e. The lowest BCUT2D eigenvalue weighted by molar-refractivity contribution is -0.116. The smallest absolute Gasteiger partial charge is 0.259 e. The molecule has 0 fully saturated rings. The topological polar surface area (TPSA) is 90.0 Å². The standard InChI is InChI=1S/C21H15BrN4O3/c22-16-6-4-5-14(11-16)20-24-21(29-25-20)15-9-10-19(28)26(12-15)13-18(27)23-17-7-2-1-3-8-17/h1-12H,13H2,(H,23,27). The molecule has 0 spiro atoms. The average molecular weight is 451 g/mol. The molecule has 0 bridgehead atoms. The zero-order chi connectivity index (χ0) is 20.2. The van der Waals surface area contributed by atoms with E-state index < -0.39 is 0 Å². The normalized spacial score (nSPS) is 10.7. The van der Waals surface area contributed by atoms with Gasteiger partial charge in [0, 0.05) is 28.0 Å². The Labute approximate surface area is 174 Å². The van der Waals surface area contributed by atoms with E-state index in [1.807, 2.05) is 42.5 Å². The van der Waals surface area contributed by atoms with Crippen LogP contribution in [0.2, 0.25) is 0 Å². The van der Waals surface area contributed by atoms with Crippen LogP contribution in [0.4, 0.5) is 5.69 Å². The van der Waals surface area contributed by atoms with Crippen LogP contribution in [-0.2, 0) is 11.3 Å². The van der Waals surface area contributed by atoms with E-state index in [0.29, 0.717) is 17.1 Å². The quantitative estimate of drug-likeness (QED) is 0.496. The van der Waals surface area contributed by atoms with Crippen LogP contribution in [0.3, 0.4) is 0 Å². The fourth-order valence-corrected chi connectivity index (χ4v) is 3.14. The number of aromatic nitrogens is 3. The molecule has 8 heteroatoms. The van der Waals surface area contributed by atoms with Gasteiger partial charge in [-0.15, -0.1) is 0 Å². The molecular formula is C21H15BrN4O3. The Balaban J connectivity index is 1.56. The number of hydrogen-bond donors (Lipinski definition) is 1. The molecule has 0 radical (unpaired) electrons. The van der Waals surface area contributed by atoms with Gasteiger partial charge in [-0.1, -0.05) is 51.4 Å². The van der Waals surface area contributed by atoms with Crippen molar-refractivity contribution >= 4 is 27.5 Å². The van der Waals surface area contributed by atoms with Crippen LogP contribution in [0.15, 0.2) is 86.7 Å². The summed E-state index contributed by atoms with van der Waals surface area (Å²) in [6, 6.07) is 19.5. The van der Waals surface area contributed by atoms with E-state index in [-0.39, 0.29) is 23.9 Å². The summed E-state index contributed by atoms with van der Waals surface area (Å²) in [4.78, 5) is 28.8. The Morgan fingerprint density at radius 3 is 2.66 bits per heavy atom. The van der Waals surface area contributed by atoms with Gasteiger partial charge in [0.15, 0.2) is 0 Å². The molecule has 7 nitrogen and oxygen atoms in total. The number of anilines is 1. The zero-order valence-electron chi connectivity index (χ0n) is 15.1. The summed E-state index contributed by atoms with van der Waals surface area (Å²) in [6.07, 6.45) is 1.53. The lowest BCUT2D eigenvalue weighted by Gasteiger charge is -2.08. The van der Waals surface area contributed by atoms with E-state index in [4.69, 9.17) is 4.52 Å². The molecule has 0 saturated carbocycles. The van der Waals surface area contributed by atoms with Crippen molar-refractivity contribution in [2.75, 3.05) is 5.32 Å². The fraction of sp³-hybridized carbons (Fsp3) is 0.0476. The minimum absolute atomic E-state index is 0.131. The van der Waals surface area contributed by atoms with Gasteiger partial charge >= 0.3 is 0 Å². The lowest BCUT2D eigenvalue weighted by atomic mass is 10.2. The summed E-state index contributed by atoms with van der Waals surface area (Å²) in [7, 11) is 0. The van der Waals surface area contributed by atoms with Crippen LogP contribution in [0.1, 0.15) is 0 Å². The number of halogens is 1. The summed E-state index contributed by atoms with van der Waals surface area (Å²) >= 11 is 3.41. The molecular weight excluding hydrogens is 436 g/mol. The van der Waals surface area contributed by atoms with E-state index in [2.05, 4.69) is 31.4 Å². The van der Waals surface area contributed by atoms with Crippen LogP contribution >= 0.6 is 15.9 Å². The summed E-state index contributed by atoms with van der Waals surface area (Å²) in [6.45, 7) is -0.131. The fourth-order valence-electron chi connectivity index (χ4n) is 2.74. The Morgan fingerprint density at radius 1 is 1.03 bits per heavy atom. The predicted molar refractivity (Wildman–Crippen MR) is 112 cm³/mol. The summed E-state index contributed by atoms with van der Waals surface area (Å²) in [5, 5.41) is 6.75. The van der Waals surface area contributed by atoms with Gasteiger partial charge in [-0.2, -0.15) is 4.98 Å². The Morgan fingerprint density at radius 2 is 1.86 bits per heavy atom. The van der Waals surface area contributed by atoms with Gasteiger partial charge in [-0.25, -0.2) is 0 Å². The molecule has 0 atom stereocenters. The van der Waals surface area contributed by atoms with Crippen molar-refractivity contribution in [3.63, 3.8) is 0 Å². The Bertz CT molecular complexity index is 1220. The molecule has 144 valence electrons. The molecule has 1 amide bonds. The monoisotopic (exact) mass is 450 g/mol. The molecule has 2 aromatic carbocycles. The molecule has 29 heavy (non-hydrogen) atoms. The van der Waals surface area contributed by atoms with E-state index >= 15 is 0 Å². The molecule has 2 aromatic heterocycles. The minimum atomic E-state index is -0.309. The van der Waals surface area contributed by atoms with Crippen molar-refractivity contribution in [2.24, 2.45) is 0 Å². The molecule has 1 N–H and O–H groups in total. The van der Waals surface area contributed by atoms with Gasteiger partial charge in [-0.3, -0.25) is 9.59 Å². The third kappa shape index (κ3) is 4.49. The maximum absolute atomic E-state index is 12.3. The number of rotatable bonds is 5. The first-order valence-corrected chi connectivity index (χ1v) is 9.53. The van der Waals surface area contributed by atoms with Crippen molar-refractivity contribution in [3.05, 3.63) is 87.8 Å². The van der Waals surface area contributed by atoms with E-state index in [1.165, 1.54) is 16.8 Å². The van der Waals surface area contributed by atoms with Gasteiger partial charge in [0.25, 0.3) is 11.4 Å². The zero-order valence-corrected chi connectivity index (χ0v) is 16.7. The number of nitrogens with zero attached hydrogens (tertiary/aromatic N) is 3. The highest BCUT2D eigenvalue weighted by Gasteiger charge is 2.13. The number of pyridine rings is 1. The highest BCUT2D eigenvalue weighted by atomic mass is 79.9. The highest BCUT2D eigenvalue weighted by Crippen LogP contribution is 2.23. The third-order valence-electron chi connectivity index (χ3n) is 4.11. The predicted octanol–water partition coefficient (Wildman–Crippen LogP) is 3.97. The van der Waals surface area contributed by atoms with Gasteiger partial charge in [0.2, 0.25) is 11.7 Å². The second-order valence-corrected chi connectivity index (χ2v) is 7.15. The van der Waals surface area contributed by atoms with Crippen molar-refractivity contribution in [1.82, 2.24) is 14.7 Å².